The van der Waals surface area contributed by atoms with Crippen LogP contribution in [0.15, 0.2) is 42.5 Å². The number of hydrogen-bond donors (Lipinski definition) is 2. The maximum atomic E-state index is 13.1. The molecule has 2 aromatic carbocycles. The molecule has 0 aliphatic carbocycles. The van der Waals surface area contributed by atoms with E-state index in [4.69, 9.17) is 0 Å². The number of aryl methyl sites for hydroxylation is 3. The Morgan fingerprint density at radius 1 is 1.00 bits per heavy atom. The van der Waals surface area contributed by atoms with Gasteiger partial charge in [-0.05, 0) is 48.4 Å². The fourth-order valence-electron chi connectivity index (χ4n) is 4.06. The summed E-state index contributed by atoms with van der Waals surface area (Å²) in [5.74, 6) is -0.808. The first-order chi connectivity index (χ1) is 14.8. The predicted octanol–water partition coefficient (Wildman–Crippen LogP) is 4.17. The summed E-state index contributed by atoms with van der Waals surface area (Å²) in [7, 11) is 0. The van der Waals surface area contributed by atoms with E-state index in [1.807, 2.05) is 56.3 Å². The topological polar surface area (TPSA) is 78.5 Å². The summed E-state index contributed by atoms with van der Waals surface area (Å²) in [6.07, 6.45) is 3.55. The first-order valence-corrected chi connectivity index (χ1v) is 11.0. The standard InChI is InChI=1S/C25H31N3O3/c1-5-9-17-12-14-20(15-13-17)25(4)23(30)28(24(31)27-25)16-21(29)26-22-18(6-2)10-8-11-19(22)7-3/h8,10-15H,5-7,9,16H2,1-4H3,(H,26,29)(H,27,31)/t25-/m0/s1. The van der Waals surface area contributed by atoms with Gasteiger partial charge in [-0.1, -0.05) is 69.7 Å². The number of anilines is 1. The summed E-state index contributed by atoms with van der Waals surface area (Å²) in [5.41, 5.74) is 3.54. The second-order valence-corrected chi connectivity index (χ2v) is 8.10. The Balaban J connectivity index is 1.76. The monoisotopic (exact) mass is 421 g/mol. The quantitative estimate of drug-likeness (QED) is 0.628. The molecule has 1 heterocycles. The van der Waals surface area contributed by atoms with Gasteiger partial charge in [0.1, 0.15) is 12.1 Å². The van der Waals surface area contributed by atoms with Gasteiger partial charge in [0.15, 0.2) is 0 Å². The number of urea groups is 1. The third-order valence-corrected chi connectivity index (χ3v) is 5.91. The summed E-state index contributed by atoms with van der Waals surface area (Å²) >= 11 is 0. The van der Waals surface area contributed by atoms with E-state index in [1.54, 1.807) is 6.92 Å². The molecule has 164 valence electrons. The van der Waals surface area contributed by atoms with Crippen LogP contribution < -0.4 is 10.6 Å². The lowest BCUT2D eigenvalue weighted by Crippen LogP contribution is -2.42. The fourth-order valence-corrected chi connectivity index (χ4v) is 4.06. The van der Waals surface area contributed by atoms with Crippen molar-refractivity contribution in [2.75, 3.05) is 11.9 Å². The van der Waals surface area contributed by atoms with E-state index in [2.05, 4.69) is 17.6 Å². The molecular formula is C25H31N3O3. The number of carbonyl (C=O) groups is 3. The second-order valence-electron chi connectivity index (χ2n) is 8.10. The molecule has 1 aliphatic rings. The zero-order valence-corrected chi connectivity index (χ0v) is 18.7. The molecule has 2 aromatic rings. The van der Waals surface area contributed by atoms with E-state index in [9.17, 15) is 14.4 Å². The molecule has 0 radical (unpaired) electrons. The van der Waals surface area contributed by atoms with Crippen LogP contribution in [0.2, 0.25) is 0 Å². The normalized spacial score (nSPS) is 18.3. The number of nitrogens with zero attached hydrogens (tertiary/aromatic N) is 1. The highest BCUT2D eigenvalue weighted by atomic mass is 16.2. The molecule has 0 saturated carbocycles. The summed E-state index contributed by atoms with van der Waals surface area (Å²) in [6.45, 7) is 7.52. The zero-order chi connectivity index (χ0) is 22.6. The molecule has 0 spiro atoms. The summed E-state index contributed by atoms with van der Waals surface area (Å²) in [4.78, 5) is 39.5. The molecule has 4 amide bonds. The number of benzene rings is 2. The Hall–Kier alpha value is -3.15. The van der Waals surface area contributed by atoms with Gasteiger partial charge < -0.3 is 10.6 Å². The number of hydrogen-bond acceptors (Lipinski definition) is 3. The minimum Gasteiger partial charge on any atom is -0.324 e. The number of carbonyl (C=O) groups excluding carboxylic acids is 3. The van der Waals surface area contributed by atoms with E-state index in [1.165, 1.54) is 5.56 Å². The van der Waals surface area contributed by atoms with Gasteiger partial charge in [0.25, 0.3) is 5.91 Å². The average molecular weight is 422 g/mol. The van der Waals surface area contributed by atoms with Gasteiger partial charge >= 0.3 is 6.03 Å². The summed E-state index contributed by atoms with van der Waals surface area (Å²) in [6, 6.07) is 13.1. The minimum atomic E-state index is -1.18. The third-order valence-electron chi connectivity index (χ3n) is 5.91. The van der Waals surface area contributed by atoms with Crippen molar-refractivity contribution in [2.24, 2.45) is 0 Å². The highest BCUT2D eigenvalue weighted by molar-refractivity contribution is 6.10. The molecular weight excluding hydrogens is 390 g/mol. The molecule has 0 bridgehead atoms. The van der Waals surface area contributed by atoms with E-state index < -0.39 is 17.5 Å². The second kappa shape index (κ2) is 9.33. The lowest BCUT2D eigenvalue weighted by Gasteiger charge is -2.22. The first-order valence-electron chi connectivity index (χ1n) is 11.0. The lowest BCUT2D eigenvalue weighted by molar-refractivity contribution is -0.133. The third kappa shape index (κ3) is 4.48. The van der Waals surface area contributed by atoms with Crippen LogP contribution in [0.1, 0.15) is 56.4 Å². The largest absolute Gasteiger partial charge is 0.325 e. The zero-order valence-electron chi connectivity index (χ0n) is 18.7. The van der Waals surface area contributed by atoms with Crippen LogP contribution in [0.5, 0.6) is 0 Å². The number of amides is 4. The Labute approximate surface area is 184 Å². The lowest BCUT2D eigenvalue weighted by atomic mass is 9.91. The fraction of sp³-hybridized carbons (Fsp3) is 0.400. The Morgan fingerprint density at radius 3 is 2.16 bits per heavy atom. The van der Waals surface area contributed by atoms with Gasteiger partial charge in [-0.3, -0.25) is 14.5 Å². The maximum absolute atomic E-state index is 13.1. The number of rotatable bonds is 8. The van der Waals surface area contributed by atoms with Crippen molar-refractivity contribution in [1.29, 1.82) is 0 Å². The number of para-hydroxylation sites is 1. The molecule has 6 nitrogen and oxygen atoms in total. The summed E-state index contributed by atoms with van der Waals surface area (Å²) in [5, 5.41) is 5.69. The molecule has 1 fully saturated rings. The first kappa shape index (κ1) is 22.5. The van der Waals surface area contributed by atoms with Crippen molar-refractivity contribution in [3.05, 3.63) is 64.7 Å². The average Bonchev–Trinajstić information content (AvgIpc) is 2.98. The molecule has 0 aromatic heterocycles. The highest BCUT2D eigenvalue weighted by Gasteiger charge is 2.49. The van der Waals surface area contributed by atoms with Crippen LogP contribution in [-0.2, 0) is 34.4 Å². The molecule has 31 heavy (non-hydrogen) atoms. The molecule has 1 aliphatic heterocycles. The van der Waals surface area contributed by atoms with Crippen LogP contribution in [0.3, 0.4) is 0 Å². The predicted molar refractivity (Wildman–Crippen MR) is 122 cm³/mol. The Kier molecular flexibility index (Phi) is 6.78. The molecule has 1 atom stereocenters. The van der Waals surface area contributed by atoms with Crippen LogP contribution in [0, 0.1) is 0 Å². The van der Waals surface area contributed by atoms with Crippen LogP contribution in [0.25, 0.3) is 0 Å². The van der Waals surface area contributed by atoms with Crippen molar-refractivity contribution in [3.8, 4) is 0 Å². The Morgan fingerprint density at radius 2 is 1.61 bits per heavy atom. The number of imide groups is 1. The van der Waals surface area contributed by atoms with Gasteiger partial charge in [0.05, 0.1) is 0 Å². The van der Waals surface area contributed by atoms with E-state index in [0.29, 0.717) is 5.56 Å². The van der Waals surface area contributed by atoms with E-state index in [-0.39, 0.29) is 12.5 Å². The van der Waals surface area contributed by atoms with E-state index in [0.717, 1.165) is 47.4 Å². The van der Waals surface area contributed by atoms with Crippen LogP contribution >= 0.6 is 0 Å². The van der Waals surface area contributed by atoms with Gasteiger partial charge in [-0.15, -0.1) is 0 Å². The van der Waals surface area contributed by atoms with Gasteiger partial charge in [0.2, 0.25) is 5.91 Å². The maximum Gasteiger partial charge on any atom is 0.325 e. The van der Waals surface area contributed by atoms with Crippen LogP contribution in [0.4, 0.5) is 10.5 Å². The smallest absolute Gasteiger partial charge is 0.324 e. The molecule has 1 saturated heterocycles. The highest BCUT2D eigenvalue weighted by Crippen LogP contribution is 2.29. The molecule has 2 N–H and O–H groups in total. The number of nitrogens with one attached hydrogen (secondary N) is 2. The van der Waals surface area contributed by atoms with Gasteiger partial charge in [0, 0.05) is 5.69 Å². The minimum absolute atomic E-state index is 0.324. The molecule has 6 heteroatoms. The Bertz CT molecular complexity index is 962. The van der Waals surface area contributed by atoms with Gasteiger partial charge in [-0.2, -0.15) is 0 Å². The van der Waals surface area contributed by atoms with Crippen molar-refractivity contribution >= 4 is 23.5 Å². The van der Waals surface area contributed by atoms with Crippen molar-refractivity contribution in [3.63, 3.8) is 0 Å². The van der Waals surface area contributed by atoms with Crippen LogP contribution in [-0.4, -0.2) is 29.3 Å². The molecule has 0 unspecified atom stereocenters. The van der Waals surface area contributed by atoms with Crippen molar-refractivity contribution < 1.29 is 14.4 Å². The van der Waals surface area contributed by atoms with Crippen molar-refractivity contribution in [1.82, 2.24) is 10.2 Å². The van der Waals surface area contributed by atoms with Gasteiger partial charge in [-0.25, -0.2) is 4.79 Å². The SMILES string of the molecule is CCCc1ccc([C@]2(C)NC(=O)N(CC(=O)Nc3c(CC)cccc3CC)C2=O)cc1. The van der Waals surface area contributed by atoms with E-state index >= 15 is 0 Å². The molecule has 3 rings (SSSR count). The van der Waals surface area contributed by atoms with Crippen molar-refractivity contribution in [2.45, 2.75) is 58.9 Å². The summed E-state index contributed by atoms with van der Waals surface area (Å²) < 4.78 is 0.